The van der Waals surface area contributed by atoms with Crippen molar-refractivity contribution in [3.05, 3.63) is 240 Å². The first-order valence-electron chi connectivity index (χ1n) is 18.7. The van der Waals surface area contributed by atoms with Gasteiger partial charge in [0.15, 0.2) is 0 Å². The van der Waals surface area contributed by atoms with Gasteiger partial charge in [-0.2, -0.15) is 0 Å². The molecule has 0 bridgehead atoms. The molecule has 2 aliphatic rings. The molecule has 1 aliphatic carbocycles. The summed E-state index contributed by atoms with van der Waals surface area (Å²) in [6, 6.07) is 77.7. The number of anilines is 1. The SMILES string of the molecule is c1c(N2C(c3ccccc3)NC2c2ccccc2)ccc(-n2c3ccccc3c3cc4c(cc32)C(c2ccccc2)(c2ccccc2)c2ccccc2-4)c#1. The minimum absolute atomic E-state index is 0.0356. The average Bonchev–Trinajstić information content (AvgIpc) is 3.71. The number of aromatic nitrogens is 1. The standard InChI is InChI=1S/C51H35N3/c1-5-17-35(18-6-1)49-52-50(36-19-7-2-8-20-36)54(49)40-31-29-39(30-32-40)53-47-28-16-14-26-42(47)44-33-43-41-25-13-15-27-45(41)51(46(43)34-48(44)53,37-21-9-3-10-22-37)38-23-11-4-12-24-38/h1-29,31,33-34,49-50,52H. The lowest BCUT2D eigenvalue weighted by Crippen LogP contribution is -2.57. The third-order valence-electron chi connectivity index (χ3n) is 11.6. The molecule has 2 unspecified atom stereocenters. The fourth-order valence-electron chi connectivity index (χ4n) is 9.25. The van der Waals surface area contributed by atoms with E-state index in [1.54, 1.807) is 0 Å². The van der Waals surface area contributed by atoms with Crippen LogP contribution in [0, 0.1) is 12.1 Å². The summed E-state index contributed by atoms with van der Waals surface area (Å²) >= 11 is 0. The Morgan fingerprint density at radius 3 is 1.59 bits per heavy atom. The predicted octanol–water partition coefficient (Wildman–Crippen LogP) is 11.6. The Kier molecular flexibility index (Phi) is 6.89. The topological polar surface area (TPSA) is 20.2 Å². The molecule has 11 rings (SSSR count). The number of nitrogens with zero attached hydrogens (tertiary/aromatic N) is 2. The van der Waals surface area contributed by atoms with Gasteiger partial charge in [-0.3, -0.25) is 5.32 Å². The summed E-state index contributed by atoms with van der Waals surface area (Å²) in [5.74, 6) is 0. The second-order valence-electron chi connectivity index (χ2n) is 14.3. The van der Waals surface area contributed by atoms with Crippen molar-refractivity contribution in [2.24, 2.45) is 0 Å². The zero-order chi connectivity index (χ0) is 35.6. The quantitative estimate of drug-likeness (QED) is 0.188. The molecule has 2 heterocycles. The van der Waals surface area contributed by atoms with Crippen LogP contribution in [0.5, 0.6) is 0 Å². The molecule has 0 saturated carbocycles. The summed E-state index contributed by atoms with van der Waals surface area (Å²) in [6.07, 6.45) is 0.0712. The van der Waals surface area contributed by atoms with Gasteiger partial charge >= 0.3 is 0 Å². The second kappa shape index (κ2) is 12.1. The van der Waals surface area contributed by atoms with Crippen LogP contribution in [-0.2, 0) is 5.41 Å². The first-order valence-corrected chi connectivity index (χ1v) is 18.7. The highest BCUT2D eigenvalue weighted by molar-refractivity contribution is 6.12. The molecule has 0 spiro atoms. The van der Waals surface area contributed by atoms with E-state index in [9.17, 15) is 0 Å². The van der Waals surface area contributed by atoms with Crippen LogP contribution in [-0.4, -0.2) is 4.57 Å². The summed E-state index contributed by atoms with van der Waals surface area (Å²) in [5.41, 5.74) is 13.9. The Morgan fingerprint density at radius 1 is 0.426 bits per heavy atom. The molecule has 3 nitrogen and oxygen atoms in total. The van der Waals surface area contributed by atoms with Gasteiger partial charge < -0.3 is 9.47 Å². The van der Waals surface area contributed by atoms with E-state index in [4.69, 9.17) is 0 Å². The summed E-state index contributed by atoms with van der Waals surface area (Å²) in [4.78, 5) is 2.41. The van der Waals surface area contributed by atoms with Gasteiger partial charge in [-0.1, -0.05) is 164 Å². The van der Waals surface area contributed by atoms with E-state index in [1.165, 1.54) is 55.3 Å². The van der Waals surface area contributed by atoms with E-state index in [2.05, 4.69) is 221 Å². The van der Waals surface area contributed by atoms with Gasteiger partial charge in [0.05, 0.1) is 27.8 Å². The van der Waals surface area contributed by atoms with Crippen LogP contribution in [0.3, 0.4) is 0 Å². The van der Waals surface area contributed by atoms with Gasteiger partial charge in [-0.05, 0) is 87.0 Å². The molecule has 54 heavy (non-hydrogen) atoms. The van der Waals surface area contributed by atoms with Crippen LogP contribution >= 0.6 is 0 Å². The number of fused-ring (bicyclic) bond motifs is 6. The zero-order valence-corrected chi connectivity index (χ0v) is 29.5. The Balaban J connectivity index is 1.11. The molecule has 3 heteroatoms. The fraction of sp³-hybridized carbons (Fsp3) is 0.0588. The summed E-state index contributed by atoms with van der Waals surface area (Å²) in [6.45, 7) is 0. The lowest BCUT2D eigenvalue weighted by atomic mass is 9.67. The van der Waals surface area contributed by atoms with Crippen molar-refractivity contribution < 1.29 is 0 Å². The van der Waals surface area contributed by atoms with E-state index in [0.29, 0.717) is 0 Å². The minimum atomic E-state index is -0.479. The molecule has 2 atom stereocenters. The summed E-state index contributed by atoms with van der Waals surface area (Å²) in [5, 5.41) is 6.26. The van der Waals surface area contributed by atoms with Crippen LogP contribution in [0.2, 0.25) is 0 Å². The molecule has 8 aromatic carbocycles. The van der Waals surface area contributed by atoms with Crippen LogP contribution in [0.15, 0.2) is 194 Å². The number of benzene rings is 7. The monoisotopic (exact) mass is 689 g/mol. The van der Waals surface area contributed by atoms with E-state index in [0.717, 1.165) is 22.4 Å². The fourth-order valence-corrected chi connectivity index (χ4v) is 9.25. The Hall–Kier alpha value is -6.86. The number of rotatable bonds is 6. The number of para-hydroxylation sites is 1. The van der Waals surface area contributed by atoms with Gasteiger partial charge in [0, 0.05) is 10.8 Å². The van der Waals surface area contributed by atoms with Crippen molar-refractivity contribution in [1.82, 2.24) is 9.88 Å². The molecular weight excluding hydrogens is 655 g/mol. The minimum Gasteiger partial charge on any atom is -0.325 e. The maximum Gasteiger partial charge on any atom is 0.110 e. The van der Waals surface area contributed by atoms with E-state index >= 15 is 0 Å². The summed E-state index contributed by atoms with van der Waals surface area (Å²) < 4.78 is 2.38. The van der Waals surface area contributed by atoms with Gasteiger partial charge in [0.25, 0.3) is 0 Å². The molecule has 254 valence electrons. The maximum atomic E-state index is 3.80. The van der Waals surface area contributed by atoms with E-state index < -0.39 is 5.41 Å². The van der Waals surface area contributed by atoms with Gasteiger partial charge in [0.2, 0.25) is 0 Å². The average molecular weight is 690 g/mol. The zero-order valence-electron chi connectivity index (χ0n) is 29.5. The van der Waals surface area contributed by atoms with Crippen LogP contribution in [0.4, 0.5) is 5.69 Å². The molecule has 1 N–H and O–H groups in total. The smallest absolute Gasteiger partial charge is 0.110 e. The third kappa shape index (κ3) is 4.41. The highest BCUT2D eigenvalue weighted by atomic mass is 15.5. The Bertz CT molecular complexity index is 2700. The van der Waals surface area contributed by atoms with Crippen molar-refractivity contribution in [1.29, 1.82) is 0 Å². The largest absolute Gasteiger partial charge is 0.325 e. The van der Waals surface area contributed by atoms with Crippen molar-refractivity contribution >= 4 is 27.5 Å². The lowest BCUT2D eigenvalue weighted by molar-refractivity contribution is 0.276. The maximum absolute atomic E-state index is 3.80. The highest BCUT2D eigenvalue weighted by Gasteiger charge is 2.46. The van der Waals surface area contributed by atoms with Crippen LogP contribution in [0.25, 0.3) is 38.6 Å². The number of hydrogen-bond donors (Lipinski definition) is 1. The summed E-state index contributed by atoms with van der Waals surface area (Å²) in [7, 11) is 0. The molecule has 0 amide bonds. The molecule has 9 aromatic rings. The van der Waals surface area contributed by atoms with E-state index in [1.807, 2.05) is 0 Å². The third-order valence-corrected chi connectivity index (χ3v) is 11.6. The van der Waals surface area contributed by atoms with Crippen LogP contribution in [0.1, 0.15) is 45.7 Å². The van der Waals surface area contributed by atoms with Crippen molar-refractivity contribution in [2.45, 2.75) is 17.7 Å². The van der Waals surface area contributed by atoms with Crippen LogP contribution < -0.4 is 10.2 Å². The molecule has 1 aromatic heterocycles. The molecule has 1 aliphatic heterocycles. The van der Waals surface area contributed by atoms with Crippen molar-refractivity contribution in [3.63, 3.8) is 0 Å². The molecule has 1 saturated heterocycles. The molecule has 1 fully saturated rings. The Labute approximate surface area is 315 Å². The van der Waals surface area contributed by atoms with Crippen molar-refractivity contribution in [2.75, 3.05) is 4.90 Å². The first kappa shape index (κ1) is 30.7. The molecular formula is C51H35N3. The normalized spacial score (nSPS) is 16.8. The highest BCUT2D eigenvalue weighted by Crippen LogP contribution is 2.57. The van der Waals surface area contributed by atoms with Gasteiger partial charge in [-0.25, -0.2) is 0 Å². The lowest BCUT2D eigenvalue weighted by Gasteiger charge is -2.51. The predicted molar refractivity (Wildman–Crippen MR) is 220 cm³/mol. The molecule has 0 radical (unpaired) electrons. The van der Waals surface area contributed by atoms with Gasteiger partial charge in [-0.15, -0.1) is 0 Å². The second-order valence-corrected chi connectivity index (χ2v) is 14.3. The number of hydrogen-bond acceptors (Lipinski definition) is 2. The van der Waals surface area contributed by atoms with Gasteiger partial charge in [0.1, 0.15) is 12.3 Å². The Morgan fingerprint density at radius 2 is 0.963 bits per heavy atom. The first-order chi connectivity index (χ1) is 26.8. The van der Waals surface area contributed by atoms with Crippen molar-refractivity contribution in [3.8, 4) is 16.8 Å². The number of nitrogens with one attached hydrogen (secondary N) is 1. The van der Waals surface area contributed by atoms with E-state index in [-0.39, 0.29) is 12.3 Å².